The molecular formula is C16H14FNO4. The van der Waals surface area contributed by atoms with Crippen LogP contribution in [-0.2, 0) is 4.79 Å². The number of aromatic carboxylic acids is 1. The zero-order valence-electron chi connectivity index (χ0n) is 11.7. The summed E-state index contributed by atoms with van der Waals surface area (Å²) in [4.78, 5) is 22.7. The highest BCUT2D eigenvalue weighted by molar-refractivity contribution is 5.94. The molecule has 0 heterocycles. The molecule has 0 saturated carbocycles. The van der Waals surface area contributed by atoms with E-state index in [0.717, 1.165) is 0 Å². The highest BCUT2D eigenvalue weighted by Crippen LogP contribution is 2.15. The van der Waals surface area contributed by atoms with Gasteiger partial charge < -0.3 is 15.2 Å². The number of rotatable bonds is 5. The number of ether oxygens (including phenoxy) is 1. The van der Waals surface area contributed by atoms with Crippen molar-refractivity contribution in [3.05, 3.63) is 59.9 Å². The monoisotopic (exact) mass is 303 g/mol. The van der Waals surface area contributed by atoms with E-state index in [9.17, 15) is 14.0 Å². The van der Waals surface area contributed by atoms with Gasteiger partial charge in [-0.15, -0.1) is 0 Å². The Morgan fingerprint density at radius 3 is 2.23 bits per heavy atom. The molecule has 0 fully saturated rings. The third kappa shape index (κ3) is 4.05. The van der Waals surface area contributed by atoms with Crippen LogP contribution in [0, 0.1) is 5.82 Å². The fourth-order valence-corrected chi connectivity index (χ4v) is 1.71. The van der Waals surface area contributed by atoms with Crippen LogP contribution in [0.5, 0.6) is 5.75 Å². The molecule has 0 aliphatic carbocycles. The lowest BCUT2D eigenvalue weighted by atomic mass is 10.2. The topological polar surface area (TPSA) is 75.6 Å². The molecular weight excluding hydrogens is 289 g/mol. The fraction of sp³-hybridized carbons (Fsp3) is 0.125. The van der Waals surface area contributed by atoms with Crippen LogP contribution in [0.15, 0.2) is 48.5 Å². The molecule has 0 saturated heterocycles. The first-order valence-electron chi connectivity index (χ1n) is 6.52. The van der Waals surface area contributed by atoms with E-state index in [1.54, 1.807) is 6.92 Å². The van der Waals surface area contributed by atoms with Gasteiger partial charge in [0, 0.05) is 5.69 Å². The minimum absolute atomic E-state index is 0.135. The predicted octanol–water partition coefficient (Wildman–Crippen LogP) is 2.93. The number of amides is 1. The van der Waals surface area contributed by atoms with Gasteiger partial charge in [-0.3, -0.25) is 4.79 Å². The smallest absolute Gasteiger partial charge is 0.335 e. The van der Waals surface area contributed by atoms with Gasteiger partial charge in [0.2, 0.25) is 0 Å². The van der Waals surface area contributed by atoms with Gasteiger partial charge in [0.15, 0.2) is 6.10 Å². The lowest BCUT2D eigenvalue weighted by Crippen LogP contribution is -2.30. The van der Waals surface area contributed by atoms with Crippen molar-refractivity contribution in [1.29, 1.82) is 0 Å². The number of carbonyl (C=O) groups excluding carboxylic acids is 1. The van der Waals surface area contributed by atoms with E-state index in [1.165, 1.54) is 48.5 Å². The Morgan fingerprint density at radius 2 is 1.68 bits per heavy atom. The molecule has 1 unspecified atom stereocenters. The van der Waals surface area contributed by atoms with Crippen LogP contribution in [0.3, 0.4) is 0 Å². The van der Waals surface area contributed by atoms with Crippen molar-refractivity contribution in [2.24, 2.45) is 0 Å². The average molecular weight is 303 g/mol. The van der Waals surface area contributed by atoms with Crippen LogP contribution in [0.25, 0.3) is 0 Å². The molecule has 0 bridgehead atoms. The highest BCUT2D eigenvalue weighted by atomic mass is 19.1. The van der Waals surface area contributed by atoms with E-state index in [1.807, 2.05) is 0 Å². The molecule has 0 aromatic heterocycles. The fourth-order valence-electron chi connectivity index (χ4n) is 1.71. The largest absolute Gasteiger partial charge is 0.481 e. The van der Waals surface area contributed by atoms with Crippen molar-refractivity contribution < 1.29 is 23.8 Å². The van der Waals surface area contributed by atoms with E-state index in [-0.39, 0.29) is 11.4 Å². The van der Waals surface area contributed by atoms with Crippen LogP contribution in [0.1, 0.15) is 17.3 Å². The van der Waals surface area contributed by atoms with Crippen LogP contribution in [0.2, 0.25) is 0 Å². The molecule has 0 aliphatic heterocycles. The molecule has 0 aliphatic rings. The maximum atomic E-state index is 12.8. The number of carboxylic acid groups (broad SMARTS) is 1. The first-order valence-corrected chi connectivity index (χ1v) is 6.52. The van der Waals surface area contributed by atoms with Crippen molar-refractivity contribution >= 4 is 17.6 Å². The summed E-state index contributed by atoms with van der Waals surface area (Å²) in [5.41, 5.74) is 0.596. The Bertz CT molecular complexity index is 668. The molecule has 5 nitrogen and oxygen atoms in total. The molecule has 6 heteroatoms. The van der Waals surface area contributed by atoms with Crippen molar-refractivity contribution in [2.45, 2.75) is 13.0 Å². The number of benzene rings is 2. The number of carboxylic acids is 1. The first-order chi connectivity index (χ1) is 10.5. The Balaban J connectivity index is 1.95. The molecule has 114 valence electrons. The molecule has 2 N–H and O–H groups in total. The second-order valence-corrected chi connectivity index (χ2v) is 4.59. The Morgan fingerprint density at radius 1 is 1.09 bits per heavy atom. The number of carbonyl (C=O) groups is 2. The number of nitrogens with one attached hydrogen (secondary N) is 1. The molecule has 1 atom stereocenters. The molecule has 2 rings (SSSR count). The lowest BCUT2D eigenvalue weighted by Gasteiger charge is -2.14. The Hall–Kier alpha value is -2.89. The summed E-state index contributed by atoms with van der Waals surface area (Å²) in [5.74, 6) is -1.44. The normalized spacial score (nSPS) is 11.5. The molecule has 2 aromatic carbocycles. The van der Waals surface area contributed by atoms with Crippen LogP contribution in [-0.4, -0.2) is 23.1 Å². The van der Waals surface area contributed by atoms with Crippen molar-refractivity contribution in [3.63, 3.8) is 0 Å². The van der Waals surface area contributed by atoms with Gasteiger partial charge in [0.1, 0.15) is 11.6 Å². The van der Waals surface area contributed by atoms with Gasteiger partial charge in [0.25, 0.3) is 5.91 Å². The summed E-state index contributed by atoms with van der Waals surface area (Å²) < 4.78 is 18.2. The lowest BCUT2D eigenvalue weighted by molar-refractivity contribution is -0.122. The predicted molar refractivity (Wildman–Crippen MR) is 78.5 cm³/mol. The molecule has 1 amide bonds. The van der Waals surface area contributed by atoms with Crippen molar-refractivity contribution in [2.75, 3.05) is 5.32 Å². The Kier molecular flexibility index (Phi) is 4.73. The molecule has 0 radical (unpaired) electrons. The first kappa shape index (κ1) is 15.5. The molecule has 22 heavy (non-hydrogen) atoms. The van der Waals surface area contributed by atoms with Crippen molar-refractivity contribution in [3.8, 4) is 5.75 Å². The summed E-state index contributed by atoms with van der Waals surface area (Å²) in [6, 6.07) is 11.1. The maximum absolute atomic E-state index is 12.8. The highest BCUT2D eigenvalue weighted by Gasteiger charge is 2.15. The van der Waals surface area contributed by atoms with E-state index >= 15 is 0 Å². The van der Waals surface area contributed by atoms with E-state index in [0.29, 0.717) is 11.4 Å². The van der Waals surface area contributed by atoms with Gasteiger partial charge in [-0.25, -0.2) is 9.18 Å². The third-order valence-corrected chi connectivity index (χ3v) is 2.90. The van der Waals surface area contributed by atoms with Gasteiger partial charge in [-0.1, -0.05) is 0 Å². The number of hydrogen-bond acceptors (Lipinski definition) is 3. The third-order valence-electron chi connectivity index (χ3n) is 2.90. The summed E-state index contributed by atoms with van der Waals surface area (Å²) in [6.45, 7) is 1.56. The molecule has 0 spiro atoms. The average Bonchev–Trinajstić information content (AvgIpc) is 2.50. The second-order valence-electron chi connectivity index (χ2n) is 4.59. The van der Waals surface area contributed by atoms with Gasteiger partial charge >= 0.3 is 5.97 Å². The number of anilines is 1. The van der Waals surface area contributed by atoms with Crippen LogP contribution in [0.4, 0.5) is 10.1 Å². The summed E-state index contributed by atoms with van der Waals surface area (Å²) >= 11 is 0. The number of halogens is 1. The van der Waals surface area contributed by atoms with Crippen LogP contribution < -0.4 is 10.1 Å². The summed E-state index contributed by atoms with van der Waals surface area (Å²) in [7, 11) is 0. The van der Waals surface area contributed by atoms with Gasteiger partial charge in [-0.2, -0.15) is 0 Å². The van der Waals surface area contributed by atoms with E-state index in [2.05, 4.69) is 5.32 Å². The Labute approximate surface area is 126 Å². The standard InChI is InChI=1S/C16H14FNO4/c1-10(15(19)18-13-6-4-12(17)5-7-13)22-14-8-2-11(3-9-14)16(20)21/h2-10H,1H3,(H,18,19)(H,20,21). The minimum Gasteiger partial charge on any atom is -0.481 e. The second kappa shape index (κ2) is 6.71. The van der Waals surface area contributed by atoms with Crippen LogP contribution >= 0.6 is 0 Å². The van der Waals surface area contributed by atoms with E-state index < -0.39 is 18.0 Å². The summed E-state index contributed by atoms with van der Waals surface area (Å²) in [5, 5.41) is 11.4. The van der Waals surface area contributed by atoms with Crippen molar-refractivity contribution in [1.82, 2.24) is 0 Å². The summed E-state index contributed by atoms with van der Waals surface area (Å²) in [6.07, 6.45) is -0.791. The minimum atomic E-state index is -1.03. The zero-order valence-corrected chi connectivity index (χ0v) is 11.7. The van der Waals surface area contributed by atoms with E-state index in [4.69, 9.17) is 9.84 Å². The SMILES string of the molecule is CC(Oc1ccc(C(=O)O)cc1)C(=O)Nc1ccc(F)cc1. The number of hydrogen-bond donors (Lipinski definition) is 2. The van der Waals surface area contributed by atoms with Gasteiger partial charge in [0.05, 0.1) is 5.56 Å². The maximum Gasteiger partial charge on any atom is 0.335 e. The molecule has 2 aromatic rings. The quantitative estimate of drug-likeness (QED) is 0.890. The van der Waals surface area contributed by atoms with Gasteiger partial charge in [-0.05, 0) is 55.5 Å². The zero-order chi connectivity index (χ0) is 16.1.